The molecule has 0 N–H and O–H groups in total. The van der Waals surface area contributed by atoms with E-state index in [0.29, 0.717) is 5.71 Å². The number of rotatable bonds is 3. The van der Waals surface area contributed by atoms with Crippen LogP contribution < -0.4 is 0 Å². The van der Waals surface area contributed by atoms with Crippen LogP contribution in [-0.2, 0) is 0 Å². The van der Waals surface area contributed by atoms with Gasteiger partial charge in [0.25, 0.3) is 0 Å². The van der Waals surface area contributed by atoms with Gasteiger partial charge in [-0.25, -0.2) is 4.99 Å². The molecule has 0 bridgehead atoms. The zero-order valence-corrected chi connectivity index (χ0v) is 12.1. The van der Waals surface area contributed by atoms with Crippen molar-refractivity contribution in [3.05, 3.63) is 84.4 Å². The number of allylic oxidation sites excluding steroid dienone is 1. The summed E-state index contributed by atoms with van der Waals surface area (Å²) < 4.78 is 0. The van der Waals surface area contributed by atoms with E-state index in [1.807, 2.05) is 60.7 Å². The van der Waals surface area contributed by atoms with E-state index in [1.54, 1.807) is 0 Å². The number of fused-ring (bicyclic) bond motifs is 1. The maximum Gasteiger partial charge on any atom is 0.113 e. The zero-order chi connectivity index (χ0) is 15.2. The Hall–Kier alpha value is -3.11. The second-order valence-corrected chi connectivity index (χ2v) is 4.88. The van der Waals surface area contributed by atoms with E-state index in [0.717, 1.165) is 11.3 Å². The SMILES string of the molecule is C#CC(/C=C/c1cccc2ccccc12)=Nc1ccccc1. The van der Waals surface area contributed by atoms with Crippen LogP contribution in [0.2, 0.25) is 0 Å². The highest BCUT2D eigenvalue weighted by molar-refractivity contribution is 6.12. The fraction of sp³-hybridized carbons (Fsp3) is 0. The maximum atomic E-state index is 5.57. The summed E-state index contributed by atoms with van der Waals surface area (Å²) in [6, 6.07) is 24.2. The molecule has 0 unspecified atom stereocenters. The van der Waals surface area contributed by atoms with Gasteiger partial charge in [0.2, 0.25) is 0 Å². The molecule has 0 atom stereocenters. The Morgan fingerprint density at radius 1 is 0.864 bits per heavy atom. The molecular weight excluding hydrogens is 266 g/mol. The lowest BCUT2D eigenvalue weighted by molar-refractivity contribution is 1.53. The normalized spacial score (nSPS) is 11.7. The van der Waals surface area contributed by atoms with Gasteiger partial charge < -0.3 is 0 Å². The van der Waals surface area contributed by atoms with Crippen molar-refractivity contribution in [2.24, 2.45) is 4.99 Å². The van der Waals surface area contributed by atoms with Crippen LogP contribution in [0.5, 0.6) is 0 Å². The average Bonchev–Trinajstić information content (AvgIpc) is 2.59. The summed E-state index contributed by atoms with van der Waals surface area (Å²) in [7, 11) is 0. The Labute approximate surface area is 130 Å². The molecule has 3 aromatic carbocycles. The van der Waals surface area contributed by atoms with Gasteiger partial charge in [0.1, 0.15) is 5.71 Å². The molecule has 0 amide bonds. The van der Waals surface area contributed by atoms with Crippen molar-refractivity contribution in [3.63, 3.8) is 0 Å². The van der Waals surface area contributed by atoms with E-state index in [9.17, 15) is 0 Å². The highest BCUT2D eigenvalue weighted by Crippen LogP contribution is 2.19. The zero-order valence-electron chi connectivity index (χ0n) is 12.1. The summed E-state index contributed by atoms with van der Waals surface area (Å²) in [6.07, 6.45) is 9.47. The number of hydrogen-bond acceptors (Lipinski definition) is 1. The second-order valence-electron chi connectivity index (χ2n) is 4.88. The number of para-hydroxylation sites is 1. The molecule has 0 saturated heterocycles. The fourth-order valence-corrected chi connectivity index (χ4v) is 2.32. The van der Waals surface area contributed by atoms with Gasteiger partial charge in [0.05, 0.1) is 5.69 Å². The van der Waals surface area contributed by atoms with Crippen molar-refractivity contribution in [2.45, 2.75) is 0 Å². The number of nitrogens with zero attached hydrogens (tertiary/aromatic N) is 1. The quantitative estimate of drug-likeness (QED) is 0.459. The summed E-state index contributed by atoms with van der Waals surface area (Å²) in [6.45, 7) is 0. The largest absolute Gasteiger partial charge is 0.240 e. The van der Waals surface area contributed by atoms with E-state index in [2.05, 4.69) is 35.2 Å². The highest BCUT2D eigenvalue weighted by Gasteiger charge is 1.97. The lowest BCUT2D eigenvalue weighted by Crippen LogP contribution is -1.87. The van der Waals surface area contributed by atoms with Gasteiger partial charge in [0, 0.05) is 0 Å². The molecule has 3 rings (SSSR count). The van der Waals surface area contributed by atoms with Crippen LogP contribution >= 0.6 is 0 Å². The highest BCUT2D eigenvalue weighted by atomic mass is 14.7. The van der Waals surface area contributed by atoms with Crippen molar-refractivity contribution >= 4 is 28.2 Å². The topological polar surface area (TPSA) is 12.4 Å². The summed E-state index contributed by atoms with van der Waals surface area (Å²) >= 11 is 0. The fourth-order valence-electron chi connectivity index (χ4n) is 2.32. The van der Waals surface area contributed by atoms with Crippen LogP contribution in [0, 0.1) is 12.3 Å². The molecular formula is C21H15N. The molecule has 0 aliphatic rings. The number of terminal acetylenes is 1. The first-order valence-corrected chi connectivity index (χ1v) is 7.13. The lowest BCUT2D eigenvalue weighted by atomic mass is 10.0. The predicted molar refractivity (Wildman–Crippen MR) is 95.4 cm³/mol. The van der Waals surface area contributed by atoms with Gasteiger partial charge in [-0.1, -0.05) is 72.7 Å². The van der Waals surface area contributed by atoms with Crippen LogP contribution in [0.15, 0.2) is 83.9 Å². The van der Waals surface area contributed by atoms with Gasteiger partial charge in [-0.3, -0.25) is 0 Å². The average molecular weight is 281 g/mol. The standard InChI is InChI=1S/C21H15N/c1-2-19(22-20-12-4-3-5-13-20)16-15-18-11-8-10-17-9-6-7-14-21(17)18/h1,3-16H/b16-15+,22-19?. The Kier molecular flexibility index (Phi) is 4.13. The molecule has 22 heavy (non-hydrogen) atoms. The molecule has 0 spiro atoms. The molecule has 3 aromatic rings. The Morgan fingerprint density at radius 3 is 2.41 bits per heavy atom. The van der Waals surface area contributed by atoms with Gasteiger partial charge in [-0.15, -0.1) is 6.42 Å². The van der Waals surface area contributed by atoms with Crippen LogP contribution in [0.4, 0.5) is 5.69 Å². The molecule has 0 radical (unpaired) electrons. The molecule has 0 heterocycles. The number of hydrogen-bond donors (Lipinski definition) is 0. The van der Waals surface area contributed by atoms with Crippen molar-refractivity contribution in [1.82, 2.24) is 0 Å². The van der Waals surface area contributed by atoms with Crippen LogP contribution in [0.3, 0.4) is 0 Å². The first-order chi connectivity index (χ1) is 10.9. The third kappa shape index (κ3) is 3.13. The molecule has 1 nitrogen and oxygen atoms in total. The number of benzene rings is 3. The summed E-state index contributed by atoms with van der Waals surface area (Å²) in [5, 5.41) is 2.42. The van der Waals surface area contributed by atoms with Crippen molar-refractivity contribution in [3.8, 4) is 12.3 Å². The summed E-state index contributed by atoms with van der Waals surface area (Å²) in [5.74, 6) is 2.63. The minimum atomic E-state index is 0.610. The third-order valence-corrected chi connectivity index (χ3v) is 3.40. The van der Waals surface area contributed by atoms with E-state index in [4.69, 9.17) is 6.42 Å². The molecule has 0 aliphatic carbocycles. The van der Waals surface area contributed by atoms with Gasteiger partial charge >= 0.3 is 0 Å². The Balaban J connectivity index is 1.95. The van der Waals surface area contributed by atoms with E-state index >= 15 is 0 Å². The molecule has 0 aliphatic heterocycles. The minimum Gasteiger partial charge on any atom is -0.240 e. The second kappa shape index (κ2) is 6.56. The van der Waals surface area contributed by atoms with Gasteiger partial charge in [-0.2, -0.15) is 0 Å². The van der Waals surface area contributed by atoms with Gasteiger partial charge in [-0.05, 0) is 34.5 Å². The van der Waals surface area contributed by atoms with Crippen molar-refractivity contribution in [2.75, 3.05) is 0 Å². The lowest BCUT2D eigenvalue weighted by Gasteiger charge is -2.01. The number of aliphatic imine (C=N–C) groups is 1. The molecule has 104 valence electrons. The minimum absolute atomic E-state index is 0.610. The Morgan fingerprint density at radius 2 is 1.59 bits per heavy atom. The predicted octanol–water partition coefficient (Wildman–Crippen LogP) is 5.26. The van der Waals surface area contributed by atoms with E-state index < -0.39 is 0 Å². The summed E-state index contributed by atoms with van der Waals surface area (Å²) in [4.78, 5) is 4.47. The maximum absolute atomic E-state index is 5.57. The van der Waals surface area contributed by atoms with Crippen molar-refractivity contribution in [1.29, 1.82) is 0 Å². The first kappa shape index (κ1) is 13.9. The first-order valence-electron chi connectivity index (χ1n) is 7.13. The molecule has 0 fully saturated rings. The Bertz CT molecular complexity index is 875. The van der Waals surface area contributed by atoms with Gasteiger partial charge in [0.15, 0.2) is 0 Å². The molecule has 1 heteroatoms. The molecule has 0 saturated carbocycles. The third-order valence-electron chi connectivity index (χ3n) is 3.40. The van der Waals surface area contributed by atoms with E-state index in [-0.39, 0.29) is 0 Å². The van der Waals surface area contributed by atoms with Crippen molar-refractivity contribution < 1.29 is 0 Å². The van der Waals surface area contributed by atoms with Crippen LogP contribution in [0.25, 0.3) is 16.8 Å². The monoisotopic (exact) mass is 281 g/mol. The summed E-state index contributed by atoms with van der Waals surface area (Å²) in [5.41, 5.74) is 2.60. The van der Waals surface area contributed by atoms with Crippen LogP contribution in [-0.4, -0.2) is 5.71 Å². The smallest absolute Gasteiger partial charge is 0.113 e. The van der Waals surface area contributed by atoms with Crippen LogP contribution in [0.1, 0.15) is 5.56 Å². The van der Waals surface area contributed by atoms with E-state index in [1.165, 1.54) is 10.8 Å². The molecule has 0 aromatic heterocycles.